The number of methoxy groups -OCH3 is 2. The predicted octanol–water partition coefficient (Wildman–Crippen LogP) is 3.65. The highest BCUT2D eigenvalue weighted by Crippen LogP contribution is 2.27. The van der Waals surface area contributed by atoms with E-state index in [9.17, 15) is 0 Å². The van der Waals surface area contributed by atoms with Gasteiger partial charge in [-0.1, -0.05) is 12.1 Å². The molecule has 3 rings (SSSR count). The fourth-order valence-corrected chi connectivity index (χ4v) is 2.84. The predicted molar refractivity (Wildman–Crippen MR) is 85.6 cm³/mol. The quantitative estimate of drug-likeness (QED) is 0.929. The van der Waals surface area contributed by atoms with Crippen LogP contribution in [0.5, 0.6) is 11.5 Å². The molecule has 110 valence electrons. The highest BCUT2D eigenvalue weighted by atomic mass is 16.5. The summed E-state index contributed by atoms with van der Waals surface area (Å²) in [7, 11) is 3.37. The van der Waals surface area contributed by atoms with Crippen LogP contribution in [0.1, 0.15) is 23.1 Å². The van der Waals surface area contributed by atoms with Gasteiger partial charge in [0.2, 0.25) is 0 Å². The maximum atomic E-state index is 5.34. The van der Waals surface area contributed by atoms with E-state index in [1.807, 2.05) is 6.07 Å². The summed E-state index contributed by atoms with van der Waals surface area (Å²) < 4.78 is 10.7. The van der Waals surface area contributed by atoms with Crippen molar-refractivity contribution in [1.82, 2.24) is 0 Å². The van der Waals surface area contributed by atoms with Crippen molar-refractivity contribution in [2.45, 2.75) is 19.3 Å². The molecule has 0 spiro atoms. The summed E-state index contributed by atoms with van der Waals surface area (Å²) >= 11 is 0. The van der Waals surface area contributed by atoms with Crippen LogP contribution in [0.25, 0.3) is 0 Å². The fraction of sp³-hybridized carbons (Fsp3) is 0.333. The summed E-state index contributed by atoms with van der Waals surface area (Å²) in [6, 6.07) is 12.7. The van der Waals surface area contributed by atoms with Gasteiger partial charge in [0.05, 0.1) is 14.2 Å². The molecule has 1 aliphatic heterocycles. The molecule has 0 saturated heterocycles. The van der Waals surface area contributed by atoms with Gasteiger partial charge in [0.15, 0.2) is 0 Å². The molecule has 1 aliphatic rings. The number of hydrogen-bond donors (Lipinski definition) is 1. The molecule has 0 unspecified atom stereocenters. The van der Waals surface area contributed by atoms with Crippen molar-refractivity contribution in [3.63, 3.8) is 0 Å². The third kappa shape index (κ3) is 3.13. The van der Waals surface area contributed by atoms with Crippen molar-refractivity contribution < 1.29 is 9.47 Å². The summed E-state index contributed by atoms with van der Waals surface area (Å²) in [5.74, 6) is 1.67. The molecule has 0 atom stereocenters. The van der Waals surface area contributed by atoms with Gasteiger partial charge in [-0.3, -0.25) is 0 Å². The zero-order valence-corrected chi connectivity index (χ0v) is 12.6. The number of nitrogens with one attached hydrogen (secondary N) is 1. The molecule has 3 heteroatoms. The fourth-order valence-electron chi connectivity index (χ4n) is 2.84. The molecule has 0 aliphatic carbocycles. The van der Waals surface area contributed by atoms with E-state index in [0.29, 0.717) is 0 Å². The van der Waals surface area contributed by atoms with E-state index < -0.39 is 0 Å². The van der Waals surface area contributed by atoms with Gasteiger partial charge in [0, 0.05) is 18.3 Å². The van der Waals surface area contributed by atoms with Crippen LogP contribution < -0.4 is 14.8 Å². The summed E-state index contributed by atoms with van der Waals surface area (Å²) in [6.07, 6.45) is 3.27. The number of aryl methyl sites for hydroxylation is 1. The first-order valence-electron chi connectivity index (χ1n) is 7.36. The molecule has 2 aromatic carbocycles. The number of ether oxygens (including phenoxy) is 2. The summed E-state index contributed by atoms with van der Waals surface area (Å²) in [5.41, 5.74) is 5.24. The average molecular weight is 283 g/mol. The third-order valence-corrected chi connectivity index (χ3v) is 3.93. The van der Waals surface area contributed by atoms with Gasteiger partial charge in [-0.05, 0) is 54.2 Å². The molecule has 0 aromatic heterocycles. The highest BCUT2D eigenvalue weighted by Gasteiger charge is 2.09. The molecule has 0 saturated carbocycles. The van der Waals surface area contributed by atoms with Gasteiger partial charge in [0.1, 0.15) is 11.5 Å². The summed E-state index contributed by atoms with van der Waals surface area (Å²) in [5, 5.41) is 3.45. The minimum atomic E-state index is 0.837. The Balaban J connectivity index is 1.86. The number of hydrogen-bond acceptors (Lipinski definition) is 3. The average Bonchev–Trinajstić information content (AvgIpc) is 2.54. The largest absolute Gasteiger partial charge is 0.497 e. The molecule has 1 heterocycles. The van der Waals surface area contributed by atoms with E-state index in [0.717, 1.165) is 30.9 Å². The monoisotopic (exact) mass is 283 g/mol. The lowest BCUT2D eigenvalue weighted by molar-refractivity contribution is 0.393. The number of anilines is 1. The molecule has 2 aromatic rings. The Labute approximate surface area is 125 Å². The molecule has 0 bridgehead atoms. The molecule has 0 radical (unpaired) electrons. The Bertz CT molecular complexity index is 615. The summed E-state index contributed by atoms with van der Waals surface area (Å²) in [6.45, 7) is 1.08. The van der Waals surface area contributed by atoms with Crippen LogP contribution in [0.4, 0.5) is 5.69 Å². The van der Waals surface area contributed by atoms with Crippen LogP contribution in [0.2, 0.25) is 0 Å². The molecular weight excluding hydrogens is 262 g/mol. The lowest BCUT2D eigenvalue weighted by Gasteiger charge is -2.18. The lowest BCUT2D eigenvalue weighted by Crippen LogP contribution is -2.11. The van der Waals surface area contributed by atoms with E-state index in [-0.39, 0.29) is 0 Å². The van der Waals surface area contributed by atoms with Gasteiger partial charge in [-0.25, -0.2) is 0 Å². The molecule has 21 heavy (non-hydrogen) atoms. The van der Waals surface area contributed by atoms with Crippen molar-refractivity contribution in [3.8, 4) is 11.5 Å². The van der Waals surface area contributed by atoms with Crippen LogP contribution in [0.3, 0.4) is 0 Å². The molecule has 1 N–H and O–H groups in total. The zero-order chi connectivity index (χ0) is 14.7. The van der Waals surface area contributed by atoms with Crippen LogP contribution in [0, 0.1) is 0 Å². The van der Waals surface area contributed by atoms with E-state index in [4.69, 9.17) is 9.47 Å². The highest BCUT2D eigenvalue weighted by molar-refractivity contribution is 5.55. The SMILES string of the molecule is COc1cc(Cc2ccc3c(c2)CCCN3)cc(OC)c1. The molecule has 3 nitrogen and oxygen atoms in total. The van der Waals surface area contributed by atoms with E-state index in [1.165, 1.54) is 28.8 Å². The van der Waals surface area contributed by atoms with Crippen molar-refractivity contribution in [2.75, 3.05) is 26.1 Å². The van der Waals surface area contributed by atoms with Crippen molar-refractivity contribution in [3.05, 3.63) is 53.1 Å². The van der Waals surface area contributed by atoms with Gasteiger partial charge in [-0.15, -0.1) is 0 Å². The van der Waals surface area contributed by atoms with Crippen molar-refractivity contribution >= 4 is 5.69 Å². The zero-order valence-electron chi connectivity index (χ0n) is 12.6. The second kappa shape index (κ2) is 6.08. The minimum absolute atomic E-state index is 0.837. The maximum absolute atomic E-state index is 5.34. The van der Waals surface area contributed by atoms with E-state index in [1.54, 1.807) is 14.2 Å². The Morgan fingerprint density at radius 1 is 0.952 bits per heavy atom. The Kier molecular flexibility index (Phi) is 4.00. The van der Waals surface area contributed by atoms with Crippen LogP contribution in [-0.2, 0) is 12.8 Å². The van der Waals surface area contributed by atoms with E-state index >= 15 is 0 Å². The number of benzene rings is 2. The Morgan fingerprint density at radius 3 is 2.43 bits per heavy atom. The number of rotatable bonds is 4. The standard InChI is InChI=1S/C18H21NO2/c1-20-16-10-14(11-17(12-16)21-2)8-13-5-6-18-15(9-13)4-3-7-19-18/h5-6,9-12,19H,3-4,7-8H2,1-2H3. The van der Waals surface area contributed by atoms with Crippen LogP contribution in [-0.4, -0.2) is 20.8 Å². The first-order chi connectivity index (χ1) is 10.3. The van der Waals surface area contributed by atoms with Gasteiger partial charge < -0.3 is 14.8 Å². The normalized spacial score (nSPS) is 13.2. The minimum Gasteiger partial charge on any atom is -0.497 e. The first kappa shape index (κ1) is 13.8. The summed E-state index contributed by atoms with van der Waals surface area (Å²) in [4.78, 5) is 0. The smallest absolute Gasteiger partial charge is 0.122 e. The molecular formula is C18H21NO2. The molecule has 0 amide bonds. The maximum Gasteiger partial charge on any atom is 0.122 e. The van der Waals surface area contributed by atoms with E-state index in [2.05, 4.69) is 35.6 Å². The third-order valence-electron chi connectivity index (χ3n) is 3.93. The van der Waals surface area contributed by atoms with Crippen molar-refractivity contribution in [1.29, 1.82) is 0 Å². The second-order valence-corrected chi connectivity index (χ2v) is 5.42. The molecule has 0 fully saturated rings. The van der Waals surface area contributed by atoms with Gasteiger partial charge in [-0.2, -0.15) is 0 Å². The second-order valence-electron chi connectivity index (χ2n) is 5.42. The topological polar surface area (TPSA) is 30.5 Å². The van der Waals surface area contributed by atoms with Gasteiger partial charge >= 0.3 is 0 Å². The van der Waals surface area contributed by atoms with Crippen LogP contribution in [0.15, 0.2) is 36.4 Å². The first-order valence-corrected chi connectivity index (χ1v) is 7.36. The Hall–Kier alpha value is -2.16. The lowest BCUT2D eigenvalue weighted by atomic mass is 9.97. The van der Waals surface area contributed by atoms with Gasteiger partial charge in [0.25, 0.3) is 0 Å². The Morgan fingerprint density at radius 2 is 1.71 bits per heavy atom. The van der Waals surface area contributed by atoms with Crippen molar-refractivity contribution in [2.24, 2.45) is 0 Å². The number of fused-ring (bicyclic) bond motifs is 1. The van der Waals surface area contributed by atoms with Crippen LogP contribution >= 0.6 is 0 Å².